The molecule has 0 saturated carbocycles. The molecule has 1 unspecified atom stereocenters. The van der Waals surface area contributed by atoms with Crippen molar-refractivity contribution >= 4 is 5.96 Å². The number of guanidine groups is 1. The van der Waals surface area contributed by atoms with Gasteiger partial charge in [-0.1, -0.05) is 0 Å². The first-order chi connectivity index (χ1) is 11.8. The summed E-state index contributed by atoms with van der Waals surface area (Å²) in [6.07, 6.45) is 4.13. The van der Waals surface area contributed by atoms with Gasteiger partial charge in [-0.15, -0.1) is 0 Å². The molecule has 1 aromatic rings. The largest absolute Gasteiger partial charge is 0.469 e. The van der Waals surface area contributed by atoms with E-state index in [0.29, 0.717) is 32.7 Å². The molecule has 7 nitrogen and oxygen atoms in total. The maximum absolute atomic E-state index is 9.32. The molecule has 0 aromatic carbocycles. The lowest BCUT2D eigenvalue weighted by Crippen LogP contribution is -2.41. The fourth-order valence-electron chi connectivity index (χ4n) is 2.74. The summed E-state index contributed by atoms with van der Waals surface area (Å²) in [6, 6.07) is 3.85. The van der Waals surface area contributed by atoms with E-state index in [9.17, 15) is 5.11 Å². The van der Waals surface area contributed by atoms with Crippen LogP contribution in [0.4, 0.5) is 0 Å². The molecule has 0 radical (unpaired) electrons. The maximum Gasteiger partial charge on any atom is 0.191 e. The minimum atomic E-state index is -0.0500. The number of ether oxygens (including phenoxy) is 2. The van der Waals surface area contributed by atoms with Crippen LogP contribution in [-0.2, 0) is 15.9 Å². The van der Waals surface area contributed by atoms with Crippen molar-refractivity contribution in [3.8, 4) is 0 Å². The van der Waals surface area contributed by atoms with Crippen LogP contribution in [-0.4, -0.2) is 64.2 Å². The number of aliphatic hydroxyl groups excluding tert-OH is 1. The molecule has 1 fully saturated rings. The number of aliphatic imine (C=N–C) groups is 1. The Morgan fingerprint density at radius 1 is 1.42 bits per heavy atom. The van der Waals surface area contributed by atoms with Crippen LogP contribution < -0.4 is 10.6 Å². The highest BCUT2D eigenvalue weighted by Crippen LogP contribution is 2.32. The zero-order chi connectivity index (χ0) is 17.1. The van der Waals surface area contributed by atoms with Crippen molar-refractivity contribution in [3.63, 3.8) is 0 Å². The molecule has 1 aliphatic heterocycles. The van der Waals surface area contributed by atoms with Gasteiger partial charge in [0.25, 0.3) is 0 Å². The first-order valence-electron chi connectivity index (χ1n) is 8.50. The molecule has 0 spiro atoms. The summed E-state index contributed by atoms with van der Waals surface area (Å²) < 4.78 is 15.9. The number of hydrogen-bond acceptors (Lipinski definition) is 5. The predicted molar refractivity (Wildman–Crippen MR) is 92.2 cm³/mol. The van der Waals surface area contributed by atoms with Gasteiger partial charge in [0.05, 0.1) is 26.0 Å². The van der Waals surface area contributed by atoms with Crippen molar-refractivity contribution in [2.75, 3.05) is 53.2 Å². The third-order valence-electron chi connectivity index (χ3n) is 4.24. The highest BCUT2D eigenvalue weighted by atomic mass is 16.5. The highest BCUT2D eigenvalue weighted by Gasteiger charge is 2.34. The van der Waals surface area contributed by atoms with Gasteiger partial charge in [0.15, 0.2) is 5.96 Å². The van der Waals surface area contributed by atoms with Gasteiger partial charge in [0.1, 0.15) is 5.76 Å². The summed E-state index contributed by atoms with van der Waals surface area (Å²) in [7, 11) is 1.68. The van der Waals surface area contributed by atoms with Gasteiger partial charge in [-0.05, 0) is 25.0 Å². The van der Waals surface area contributed by atoms with E-state index in [4.69, 9.17) is 18.9 Å². The second-order valence-electron chi connectivity index (χ2n) is 6.12. The van der Waals surface area contributed by atoms with Crippen LogP contribution in [0.15, 0.2) is 27.8 Å². The van der Waals surface area contributed by atoms with Gasteiger partial charge in [-0.25, -0.2) is 0 Å². The molecule has 24 heavy (non-hydrogen) atoms. The zero-order valence-corrected chi connectivity index (χ0v) is 14.4. The van der Waals surface area contributed by atoms with Crippen LogP contribution in [0.25, 0.3) is 0 Å². The van der Waals surface area contributed by atoms with Gasteiger partial charge in [0, 0.05) is 45.2 Å². The van der Waals surface area contributed by atoms with Crippen LogP contribution in [0.5, 0.6) is 0 Å². The third-order valence-corrected chi connectivity index (χ3v) is 4.24. The molecule has 1 aromatic heterocycles. The number of hydrogen-bond donors (Lipinski definition) is 3. The Bertz CT molecular complexity index is 470. The number of methoxy groups -OCH3 is 1. The first-order valence-corrected chi connectivity index (χ1v) is 8.50. The van der Waals surface area contributed by atoms with Gasteiger partial charge < -0.3 is 29.6 Å². The molecular weight excluding hydrogens is 310 g/mol. The average Bonchev–Trinajstić information content (AvgIpc) is 3.25. The highest BCUT2D eigenvalue weighted by molar-refractivity contribution is 5.79. The Labute approximate surface area is 143 Å². The number of aliphatic hydroxyl groups is 1. The van der Waals surface area contributed by atoms with Crippen LogP contribution in [0, 0.1) is 5.41 Å². The van der Waals surface area contributed by atoms with E-state index >= 15 is 0 Å². The Kier molecular flexibility index (Phi) is 8.07. The van der Waals surface area contributed by atoms with Gasteiger partial charge >= 0.3 is 0 Å². The number of furan rings is 1. The molecule has 2 heterocycles. The quantitative estimate of drug-likeness (QED) is 0.332. The summed E-state index contributed by atoms with van der Waals surface area (Å²) in [5.41, 5.74) is -0.0500. The predicted octanol–water partition coefficient (Wildman–Crippen LogP) is 0.793. The molecule has 1 aliphatic rings. The molecular formula is C17H29N3O4. The third kappa shape index (κ3) is 6.14. The van der Waals surface area contributed by atoms with Gasteiger partial charge in [0.2, 0.25) is 0 Å². The van der Waals surface area contributed by atoms with Crippen LogP contribution in [0.1, 0.15) is 18.6 Å². The van der Waals surface area contributed by atoms with E-state index in [1.54, 1.807) is 13.4 Å². The number of rotatable bonds is 10. The van der Waals surface area contributed by atoms with Crippen LogP contribution in [0.2, 0.25) is 0 Å². The lowest BCUT2D eigenvalue weighted by molar-refractivity contribution is 0.131. The van der Waals surface area contributed by atoms with Crippen molar-refractivity contribution in [1.29, 1.82) is 0 Å². The molecule has 0 bridgehead atoms. The molecule has 0 amide bonds. The molecule has 136 valence electrons. The van der Waals surface area contributed by atoms with Gasteiger partial charge in [-0.3, -0.25) is 4.99 Å². The molecule has 1 saturated heterocycles. The van der Waals surface area contributed by atoms with Crippen molar-refractivity contribution in [1.82, 2.24) is 10.6 Å². The summed E-state index contributed by atoms with van der Waals surface area (Å²) in [4.78, 5) is 4.70. The van der Waals surface area contributed by atoms with Crippen LogP contribution in [0.3, 0.4) is 0 Å². The number of nitrogens with zero attached hydrogens (tertiary/aromatic N) is 1. The molecule has 0 aliphatic carbocycles. The SMILES string of the molecule is COCCNC(=NCC1(CCO)CCOC1)NCCc1ccco1. The van der Waals surface area contributed by atoms with Crippen molar-refractivity contribution in [2.45, 2.75) is 19.3 Å². The standard InChI is InChI=1S/C17H29N3O4/c1-22-12-8-19-16(18-7-4-15-3-2-10-24-15)20-13-17(5-9-21)6-11-23-14-17/h2-3,10,21H,4-9,11-14H2,1H3,(H2,18,19,20). The normalized spacial score (nSPS) is 21.2. The van der Waals surface area contributed by atoms with Crippen LogP contribution >= 0.6 is 0 Å². The summed E-state index contributed by atoms with van der Waals surface area (Å²) >= 11 is 0. The van der Waals surface area contributed by atoms with E-state index in [1.807, 2.05) is 12.1 Å². The minimum Gasteiger partial charge on any atom is -0.469 e. The Hall–Kier alpha value is -1.57. The number of nitrogens with one attached hydrogen (secondary N) is 2. The topological polar surface area (TPSA) is 88.2 Å². The lowest BCUT2D eigenvalue weighted by Gasteiger charge is -2.25. The molecule has 2 rings (SSSR count). The molecule has 7 heteroatoms. The maximum atomic E-state index is 9.32. The van der Waals surface area contributed by atoms with E-state index < -0.39 is 0 Å². The lowest BCUT2D eigenvalue weighted by atomic mass is 9.84. The summed E-state index contributed by atoms with van der Waals surface area (Å²) in [5.74, 6) is 1.70. The van der Waals surface area contributed by atoms with Crippen molar-refractivity contribution < 1.29 is 19.0 Å². The summed E-state index contributed by atoms with van der Waals surface area (Å²) in [6.45, 7) is 4.24. The molecule has 1 atom stereocenters. The Balaban J connectivity index is 1.87. The van der Waals surface area contributed by atoms with E-state index in [0.717, 1.165) is 37.7 Å². The Morgan fingerprint density at radius 2 is 2.29 bits per heavy atom. The monoisotopic (exact) mass is 339 g/mol. The summed E-state index contributed by atoms with van der Waals surface area (Å²) in [5, 5.41) is 15.9. The van der Waals surface area contributed by atoms with Crippen molar-refractivity contribution in [2.24, 2.45) is 10.4 Å². The van der Waals surface area contributed by atoms with E-state index in [1.165, 1.54) is 0 Å². The fraction of sp³-hybridized carbons (Fsp3) is 0.706. The smallest absolute Gasteiger partial charge is 0.191 e. The minimum absolute atomic E-state index is 0.0500. The Morgan fingerprint density at radius 3 is 2.96 bits per heavy atom. The van der Waals surface area contributed by atoms with E-state index in [2.05, 4.69) is 10.6 Å². The fourth-order valence-corrected chi connectivity index (χ4v) is 2.74. The zero-order valence-electron chi connectivity index (χ0n) is 14.4. The second-order valence-corrected chi connectivity index (χ2v) is 6.12. The first kappa shape index (κ1) is 18.8. The average molecular weight is 339 g/mol. The van der Waals surface area contributed by atoms with Gasteiger partial charge in [-0.2, -0.15) is 0 Å². The molecule has 3 N–H and O–H groups in total. The van der Waals surface area contributed by atoms with Crippen molar-refractivity contribution in [3.05, 3.63) is 24.2 Å². The van der Waals surface area contributed by atoms with E-state index in [-0.39, 0.29) is 12.0 Å². The second kappa shape index (κ2) is 10.3.